The Morgan fingerprint density at radius 2 is 1.94 bits per heavy atom. The van der Waals surface area contributed by atoms with Gasteiger partial charge in [-0.15, -0.1) is 0 Å². The van der Waals surface area contributed by atoms with E-state index in [0.29, 0.717) is 17.8 Å². The number of aromatic nitrogens is 2. The minimum atomic E-state index is 0.422. The van der Waals surface area contributed by atoms with Gasteiger partial charge in [0, 0.05) is 24.4 Å². The second kappa shape index (κ2) is 5.96. The molecule has 1 aromatic rings. The van der Waals surface area contributed by atoms with Crippen LogP contribution in [0.2, 0.25) is 0 Å². The predicted octanol–water partition coefficient (Wildman–Crippen LogP) is 2.12. The van der Waals surface area contributed by atoms with E-state index in [1.54, 1.807) is 19.5 Å². The minimum absolute atomic E-state index is 0.422. The summed E-state index contributed by atoms with van der Waals surface area (Å²) in [5.74, 6) is 1.10. The van der Waals surface area contributed by atoms with Crippen LogP contribution in [-0.2, 0) is 0 Å². The van der Waals surface area contributed by atoms with Gasteiger partial charge in [0.1, 0.15) is 5.69 Å². The highest BCUT2D eigenvalue weighted by molar-refractivity contribution is 5.23. The number of hydrogen-bond donors (Lipinski definition) is 1. The molecule has 0 bridgehead atoms. The van der Waals surface area contributed by atoms with Crippen molar-refractivity contribution < 1.29 is 4.74 Å². The summed E-state index contributed by atoms with van der Waals surface area (Å²) in [5, 5.41) is 3.42. The SMILES string of the molecule is CNC1CCCCCC1c1nccnc1OC. The number of nitrogens with one attached hydrogen (secondary N) is 1. The first-order chi connectivity index (χ1) is 8.36. The van der Waals surface area contributed by atoms with E-state index in [1.165, 1.54) is 32.1 Å². The third-order valence-corrected chi connectivity index (χ3v) is 3.62. The van der Waals surface area contributed by atoms with E-state index in [1.807, 2.05) is 7.05 Å². The first-order valence-electron chi connectivity index (χ1n) is 6.39. The maximum absolute atomic E-state index is 5.33. The summed E-state index contributed by atoms with van der Waals surface area (Å²) in [4.78, 5) is 8.74. The van der Waals surface area contributed by atoms with Gasteiger partial charge in [-0.2, -0.15) is 0 Å². The molecule has 4 heteroatoms. The number of hydrogen-bond acceptors (Lipinski definition) is 4. The maximum Gasteiger partial charge on any atom is 0.235 e. The molecule has 2 unspecified atom stereocenters. The molecule has 1 aliphatic carbocycles. The Labute approximate surface area is 103 Å². The normalized spacial score (nSPS) is 25.3. The first kappa shape index (κ1) is 12.3. The molecule has 1 heterocycles. The fourth-order valence-electron chi connectivity index (χ4n) is 2.73. The van der Waals surface area contributed by atoms with Crippen molar-refractivity contribution in [1.82, 2.24) is 15.3 Å². The number of nitrogens with zero attached hydrogens (tertiary/aromatic N) is 2. The molecular weight excluding hydrogens is 214 g/mol. The van der Waals surface area contributed by atoms with Gasteiger partial charge in [0.15, 0.2) is 0 Å². The van der Waals surface area contributed by atoms with E-state index in [0.717, 1.165) is 5.69 Å². The number of rotatable bonds is 3. The van der Waals surface area contributed by atoms with Gasteiger partial charge in [-0.3, -0.25) is 4.98 Å². The zero-order valence-corrected chi connectivity index (χ0v) is 10.6. The van der Waals surface area contributed by atoms with Gasteiger partial charge in [-0.1, -0.05) is 19.3 Å². The fraction of sp³-hybridized carbons (Fsp3) is 0.692. The molecule has 1 aliphatic rings. The van der Waals surface area contributed by atoms with Crippen LogP contribution in [0.4, 0.5) is 0 Å². The summed E-state index contributed by atoms with van der Waals surface area (Å²) < 4.78 is 5.33. The van der Waals surface area contributed by atoms with Crippen LogP contribution in [0.25, 0.3) is 0 Å². The zero-order chi connectivity index (χ0) is 12.1. The number of ether oxygens (including phenoxy) is 1. The van der Waals surface area contributed by atoms with Crippen molar-refractivity contribution in [2.45, 2.75) is 44.1 Å². The fourth-order valence-corrected chi connectivity index (χ4v) is 2.73. The monoisotopic (exact) mass is 235 g/mol. The molecule has 1 saturated carbocycles. The lowest BCUT2D eigenvalue weighted by atomic mass is 9.91. The molecule has 0 amide bonds. The van der Waals surface area contributed by atoms with Gasteiger partial charge in [-0.25, -0.2) is 4.98 Å². The average Bonchev–Trinajstić information content (AvgIpc) is 2.63. The largest absolute Gasteiger partial charge is 0.480 e. The molecule has 2 atom stereocenters. The standard InChI is InChI=1S/C13H21N3O/c1-14-11-7-5-3-4-6-10(11)12-13(17-2)16-9-8-15-12/h8-11,14H,3-7H2,1-2H3. The first-order valence-corrected chi connectivity index (χ1v) is 6.39. The van der Waals surface area contributed by atoms with Crippen molar-refractivity contribution in [3.63, 3.8) is 0 Å². The van der Waals surface area contributed by atoms with Crippen LogP contribution in [0, 0.1) is 0 Å². The minimum Gasteiger partial charge on any atom is -0.480 e. The Balaban J connectivity index is 2.28. The Morgan fingerprint density at radius 3 is 2.71 bits per heavy atom. The summed E-state index contributed by atoms with van der Waals surface area (Å²) in [5.41, 5.74) is 1.01. The van der Waals surface area contributed by atoms with Crippen LogP contribution in [0.1, 0.15) is 43.7 Å². The van der Waals surface area contributed by atoms with Crippen molar-refractivity contribution in [3.8, 4) is 5.88 Å². The summed E-state index contributed by atoms with van der Waals surface area (Å²) in [7, 11) is 3.70. The van der Waals surface area contributed by atoms with E-state index in [-0.39, 0.29) is 0 Å². The molecular formula is C13H21N3O. The quantitative estimate of drug-likeness (QED) is 0.815. The van der Waals surface area contributed by atoms with Crippen LogP contribution in [0.3, 0.4) is 0 Å². The smallest absolute Gasteiger partial charge is 0.235 e. The van der Waals surface area contributed by atoms with Gasteiger partial charge in [0.2, 0.25) is 5.88 Å². The van der Waals surface area contributed by atoms with Crippen molar-refractivity contribution >= 4 is 0 Å². The van der Waals surface area contributed by atoms with Crippen molar-refractivity contribution in [2.75, 3.05) is 14.2 Å². The topological polar surface area (TPSA) is 47.0 Å². The molecule has 94 valence electrons. The van der Waals surface area contributed by atoms with E-state index >= 15 is 0 Å². The number of methoxy groups -OCH3 is 1. The molecule has 2 rings (SSSR count). The zero-order valence-electron chi connectivity index (χ0n) is 10.6. The van der Waals surface area contributed by atoms with E-state index < -0.39 is 0 Å². The lowest BCUT2D eigenvalue weighted by Gasteiger charge is -2.24. The van der Waals surface area contributed by atoms with Crippen LogP contribution < -0.4 is 10.1 Å². The molecule has 0 saturated heterocycles. The summed E-state index contributed by atoms with van der Waals surface area (Å²) >= 11 is 0. The Morgan fingerprint density at radius 1 is 1.18 bits per heavy atom. The third kappa shape index (κ3) is 2.75. The maximum atomic E-state index is 5.33. The Hall–Kier alpha value is -1.16. The highest BCUT2D eigenvalue weighted by Gasteiger charge is 2.27. The lowest BCUT2D eigenvalue weighted by Crippen LogP contribution is -2.32. The molecule has 1 aromatic heterocycles. The molecule has 4 nitrogen and oxygen atoms in total. The van der Waals surface area contributed by atoms with Gasteiger partial charge in [0.25, 0.3) is 0 Å². The van der Waals surface area contributed by atoms with Crippen molar-refractivity contribution in [1.29, 1.82) is 0 Å². The van der Waals surface area contributed by atoms with Crippen LogP contribution in [0.5, 0.6) is 5.88 Å². The van der Waals surface area contributed by atoms with Crippen LogP contribution >= 0.6 is 0 Å². The second-order valence-corrected chi connectivity index (χ2v) is 4.59. The summed E-state index contributed by atoms with van der Waals surface area (Å²) in [6.07, 6.45) is 9.70. The molecule has 0 radical (unpaired) electrons. The Kier molecular flexibility index (Phi) is 4.31. The molecule has 0 spiro atoms. The van der Waals surface area contributed by atoms with Crippen LogP contribution in [0.15, 0.2) is 12.4 Å². The van der Waals surface area contributed by atoms with E-state index in [9.17, 15) is 0 Å². The van der Waals surface area contributed by atoms with Gasteiger partial charge >= 0.3 is 0 Å². The summed E-state index contributed by atoms with van der Waals surface area (Å²) in [6, 6.07) is 0.489. The summed E-state index contributed by atoms with van der Waals surface area (Å²) in [6.45, 7) is 0. The second-order valence-electron chi connectivity index (χ2n) is 4.59. The highest BCUT2D eigenvalue weighted by atomic mass is 16.5. The predicted molar refractivity (Wildman–Crippen MR) is 67.3 cm³/mol. The highest BCUT2D eigenvalue weighted by Crippen LogP contribution is 2.34. The lowest BCUT2D eigenvalue weighted by molar-refractivity contribution is 0.365. The molecule has 0 aliphatic heterocycles. The van der Waals surface area contributed by atoms with E-state index in [2.05, 4.69) is 15.3 Å². The van der Waals surface area contributed by atoms with Gasteiger partial charge in [0.05, 0.1) is 7.11 Å². The van der Waals surface area contributed by atoms with Crippen molar-refractivity contribution in [3.05, 3.63) is 18.1 Å². The average molecular weight is 235 g/mol. The Bertz CT molecular complexity index is 356. The molecule has 0 aromatic carbocycles. The van der Waals surface area contributed by atoms with E-state index in [4.69, 9.17) is 4.74 Å². The molecule has 17 heavy (non-hydrogen) atoms. The van der Waals surface area contributed by atoms with Gasteiger partial charge < -0.3 is 10.1 Å². The van der Waals surface area contributed by atoms with Crippen LogP contribution in [-0.4, -0.2) is 30.2 Å². The number of likely N-dealkylation sites (N-methyl/N-ethyl adjacent to an activating group) is 1. The van der Waals surface area contributed by atoms with Crippen molar-refractivity contribution in [2.24, 2.45) is 0 Å². The molecule has 1 N–H and O–H groups in total. The van der Waals surface area contributed by atoms with Gasteiger partial charge in [-0.05, 0) is 19.9 Å². The molecule has 1 fully saturated rings. The third-order valence-electron chi connectivity index (χ3n) is 3.62.